The second-order valence-electron chi connectivity index (χ2n) is 11.4. The molecule has 3 rings (SSSR count). The quantitative estimate of drug-likeness (QED) is 0.504. The summed E-state index contributed by atoms with van der Waals surface area (Å²) >= 11 is 0. The largest absolute Gasteiger partial charge is 0.471 e. The summed E-state index contributed by atoms with van der Waals surface area (Å²) in [5.41, 5.74) is -1.33. The number of alkyl halides is 3. The van der Waals surface area contributed by atoms with Crippen LogP contribution in [0.2, 0.25) is 0 Å². The smallest absolute Gasteiger partial charge is 0.356 e. The van der Waals surface area contributed by atoms with E-state index >= 15 is 0 Å². The predicted molar refractivity (Wildman–Crippen MR) is 117 cm³/mol. The van der Waals surface area contributed by atoms with Crippen molar-refractivity contribution in [3.63, 3.8) is 0 Å². The highest BCUT2D eigenvalue weighted by Crippen LogP contribution is 2.65. The van der Waals surface area contributed by atoms with E-state index in [2.05, 4.69) is 10.6 Å². The molecule has 9 nitrogen and oxygen atoms in total. The van der Waals surface area contributed by atoms with Crippen molar-refractivity contribution in [1.82, 2.24) is 20.9 Å². The normalized spacial score (nSPS) is 28.9. The second kappa shape index (κ2) is 8.99. The van der Waals surface area contributed by atoms with Crippen molar-refractivity contribution in [2.45, 2.75) is 71.8 Å². The summed E-state index contributed by atoms with van der Waals surface area (Å²) in [5.74, 6) is -4.46. The molecule has 1 saturated carbocycles. The summed E-state index contributed by atoms with van der Waals surface area (Å²) < 4.78 is 38.8. The summed E-state index contributed by atoms with van der Waals surface area (Å²) in [5, 5.41) is 16.7. The fourth-order valence-corrected chi connectivity index (χ4v) is 5.40. The van der Waals surface area contributed by atoms with Gasteiger partial charge in [0.15, 0.2) is 0 Å². The van der Waals surface area contributed by atoms with Crippen LogP contribution in [-0.2, 0) is 19.2 Å². The molecular weight excluding hydrogens is 467 g/mol. The van der Waals surface area contributed by atoms with E-state index in [0.717, 1.165) is 0 Å². The van der Waals surface area contributed by atoms with Gasteiger partial charge in [-0.15, -0.1) is 0 Å². The molecule has 0 spiro atoms. The minimum Gasteiger partial charge on any atom is -0.356 e. The molecule has 2 aliphatic heterocycles. The van der Waals surface area contributed by atoms with E-state index in [1.54, 1.807) is 5.32 Å². The van der Waals surface area contributed by atoms with Gasteiger partial charge < -0.3 is 20.9 Å². The van der Waals surface area contributed by atoms with Crippen molar-refractivity contribution in [2.24, 2.45) is 28.6 Å². The second-order valence-corrected chi connectivity index (χ2v) is 11.4. The maximum atomic E-state index is 13.5. The maximum absolute atomic E-state index is 13.5. The van der Waals surface area contributed by atoms with Crippen LogP contribution < -0.4 is 16.0 Å². The molecule has 194 valence electrons. The molecule has 3 fully saturated rings. The van der Waals surface area contributed by atoms with Gasteiger partial charge in [-0.1, -0.05) is 34.6 Å². The maximum Gasteiger partial charge on any atom is 0.471 e. The third kappa shape index (κ3) is 5.23. The molecule has 2 heterocycles. The first-order chi connectivity index (χ1) is 16.0. The molecule has 3 N–H and O–H groups in total. The van der Waals surface area contributed by atoms with E-state index in [1.807, 2.05) is 19.9 Å². The van der Waals surface area contributed by atoms with Crippen LogP contribution in [-0.4, -0.2) is 65.9 Å². The standard InChI is InChI=1S/C23H32F3N5O4/c1-21(2,3)16(30-20(35)23(24,25)26)19(34)31-10-13-14(22(13,4)5)15(31)18(33)29-12(9-27)8-11-6-7-28-17(11)32/h11-16H,6-8,10H2,1-5H3,(H,28,32)(H,29,33)(H,30,35)/t11-,12+,13?,14?,15?,16+/m0/s1. The first-order valence-corrected chi connectivity index (χ1v) is 11.7. The minimum atomic E-state index is -5.16. The van der Waals surface area contributed by atoms with Gasteiger partial charge >= 0.3 is 12.1 Å². The Morgan fingerprint density at radius 1 is 1.23 bits per heavy atom. The van der Waals surface area contributed by atoms with Crippen molar-refractivity contribution in [2.75, 3.05) is 13.1 Å². The Balaban J connectivity index is 1.81. The Hall–Kier alpha value is -2.84. The highest BCUT2D eigenvalue weighted by Gasteiger charge is 2.70. The number of likely N-dealkylation sites (tertiary alicyclic amines) is 1. The number of piperidine rings is 1. The first-order valence-electron chi connectivity index (χ1n) is 11.7. The topological polar surface area (TPSA) is 131 Å². The number of rotatable bonds is 6. The Labute approximate surface area is 202 Å². The molecule has 6 atom stereocenters. The third-order valence-corrected chi connectivity index (χ3v) is 7.56. The van der Waals surface area contributed by atoms with Crippen molar-refractivity contribution in [3.05, 3.63) is 0 Å². The number of hydrogen-bond acceptors (Lipinski definition) is 5. The number of nitriles is 1. The molecule has 12 heteroatoms. The lowest BCUT2D eigenvalue weighted by Gasteiger charge is -2.37. The zero-order chi connectivity index (χ0) is 26.5. The molecule has 4 amide bonds. The van der Waals surface area contributed by atoms with Gasteiger partial charge in [-0.05, 0) is 35.5 Å². The molecule has 0 bridgehead atoms. The van der Waals surface area contributed by atoms with Gasteiger partial charge in [0.25, 0.3) is 0 Å². The van der Waals surface area contributed by atoms with Crippen LogP contribution in [0.5, 0.6) is 0 Å². The summed E-state index contributed by atoms with van der Waals surface area (Å²) in [6, 6.07) is -1.48. The highest BCUT2D eigenvalue weighted by molar-refractivity contribution is 5.95. The Bertz CT molecular complexity index is 952. The summed E-state index contributed by atoms with van der Waals surface area (Å²) in [4.78, 5) is 51.6. The molecule has 0 radical (unpaired) electrons. The number of carbonyl (C=O) groups excluding carboxylic acids is 4. The molecule has 2 saturated heterocycles. The number of amides is 4. The minimum absolute atomic E-state index is 0.0396. The molecule has 3 unspecified atom stereocenters. The number of fused-ring (bicyclic) bond motifs is 1. The van der Waals surface area contributed by atoms with Crippen LogP contribution in [0.1, 0.15) is 47.5 Å². The van der Waals surface area contributed by atoms with Gasteiger partial charge in [0, 0.05) is 19.0 Å². The van der Waals surface area contributed by atoms with Gasteiger partial charge in [-0.25, -0.2) is 0 Å². The molecule has 3 aliphatic rings. The van der Waals surface area contributed by atoms with Crippen molar-refractivity contribution >= 4 is 23.6 Å². The van der Waals surface area contributed by atoms with Gasteiger partial charge in [0.2, 0.25) is 17.7 Å². The highest BCUT2D eigenvalue weighted by atomic mass is 19.4. The molecular formula is C23H32F3N5O4. The van der Waals surface area contributed by atoms with Gasteiger partial charge in [0.05, 0.1) is 6.07 Å². The summed E-state index contributed by atoms with van der Waals surface area (Å²) in [6.07, 6.45) is -4.49. The van der Waals surface area contributed by atoms with Gasteiger partial charge in [0.1, 0.15) is 18.1 Å². The van der Waals surface area contributed by atoms with Crippen LogP contribution >= 0.6 is 0 Å². The monoisotopic (exact) mass is 499 g/mol. The van der Waals surface area contributed by atoms with E-state index in [1.165, 1.54) is 25.7 Å². The van der Waals surface area contributed by atoms with E-state index in [9.17, 15) is 37.6 Å². The zero-order valence-corrected chi connectivity index (χ0v) is 20.5. The number of carbonyl (C=O) groups is 4. The first kappa shape index (κ1) is 26.8. The Kier molecular flexibility index (Phi) is 6.87. The number of nitrogens with zero attached hydrogens (tertiary/aromatic N) is 2. The Morgan fingerprint density at radius 2 is 1.86 bits per heavy atom. The number of nitrogens with one attached hydrogen (secondary N) is 3. The molecule has 35 heavy (non-hydrogen) atoms. The average Bonchev–Trinajstić information content (AvgIpc) is 3.10. The van der Waals surface area contributed by atoms with E-state index < -0.39 is 53.4 Å². The third-order valence-electron chi connectivity index (χ3n) is 7.56. The molecule has 0 aromatic carbocycles. The van der Waals surface area contributed by atoms with Crippen LogP contribution in [0, 0.1) is 39.9 Å². The van der Waals surface area contributed by atoms with Crippen molar-refractivity contribution in [1.29, 1.82) is 5.26 Å². The fourth-order valence-electron chi connectivity index (χ4n) is 5.40. The van der Waals surface area contributed by atoms with E-state index in [-0.39, 0.29) is 36.1 Å². The molecule has 0 aromatic rings. The fraction of sp³-hybridized carbons (Fsp3) is 0.783. The van der Waals surface area contributed by atoms with Crippen molar-refractivity contribution < 1.29 is 32.3 Å². The zero-order valence-electron chi connectivity index (χ0n) is 20.5. The summed E-state index contributed by atoms with van der Waals surface area (Å²) in [7, 11) is 0. The predicted octanol–water partition coefficient (Wildman–Crippen LogP) is 1.10. The lowest BCUT2D eigenvalue weighted by Crippen LogP contribution is -2.61. The number of halogens is 3. The number of hydrogen-bond donors (Lipinski definition) is 3. The molecule has 1 aliphatic carbocycles. The van der Waals surface area contributed by atoms with Crippen LogP contribution in [0.25, 0.3) is 0 Å². The van der Waals surface area contributed by atoms with Crippen molar-refractivity contribution in [3.8, 4) is 6.07 Å². The van der Waals surface area contributed by atoms with Crippen LogP contribution in [0.15, 0.2) is 0 Å². The van der Waals surface area contributed by atoms with Gasteiger partial charge in [-0.3, -0.25) is 19.2 Å². The van der Waals surface area contributed by atoms with Crippen LogP contribution in [0.4, 0.5) is 13.2 Å². The van der Waals surface area contributed by atoms with Gasteiger partial charge in [-0.2, -0.15) is 18.4 Å². The molecule has 0 aromatic heterocycles. The lowest BCUT2D eigenvalue weighted by atomic mass is 9.85. The van der Waals surface area contributed by atoms with Crippen LogP contribution in [0.3, 0.4) is 0 Å². The Morgan fingerprint density at radius 3 is 2.34 bits per heavy atom. The SMILES string of the molecule is CC1(C)C2CN(C(=O)[C@@H](NC(=O)C(F)(F)F)C(C)(C)C)C(C(=O)N[C@@H](C#N)C[C@@H]3CCNC3=O)C21. The van der Waals surface area contributed by atoms with E-state index in [4.69, 9.17) is 0 Å². The van der Waals surface area contributed by atoms with E-state index in [0.29, 0.717) is 13.0 Å². The average molecular weight is 500 g/mol. The lowest BCUT2D eigenvalue weighted by molar-refractivity contribution is -0.176. The summed E-state index contributed by atoms with van der Waals surface area (Å²) in [6.45, 7) is 9.13.